The summed E-state index contributed by atoms with van der Waals surface area (Å²) < 4.78 is 51.1. The number of amides is 1. The fourth-order valence-electron chi connectivity index (χ4n) is 3.84. The van der Waals surface area contributed by atoms with E-state index in [0.29, 0.717) is 12.5 Å². The Labute approximate surface area is 195 Å². The van der Waals surface area contributed by atoms with Gasteiger partial charge in [-0.1, -0.05) is 17.7 Å². The van der Waals surface area contributed by atoms with Gasteiger partial charge in [0, 0.05) is 12.6 Å². The molecule has 3 aromatic rings. The first-order chi connectivity index (χ1) is 16.1. The van der Waals surface area contributed by atoms with Crippen LogP contribution in [0, 0.1) is 0 Å². The average molecular weight is 496 g/mol. The number of benzene rings is 2. The van der Waals surface area contributed by atoms with Gasteiger partial charge in [-0.2, -0.15) is 13.2 Å². The number of carbonyl (C=O) groups excluding carboxylic acids is 1. The van der Waals surface area contributed by atoms with E-state index in [1.54, 1.807) is 6.07 Å². The number of carbonyl (C=O) groups is 2. The number of carboxylic acid groups (broad SMARTS) is 1. The molecule has 0 unspecified atom stereocenters. The number of halogens is 4. The van der Waals surface area contributed by atoms with Gasteiger partial charge in [0.1, 0.15) is 17.6 Å². The molecule has 2 heterocycles. The Morgan fingerprint density at radius 1 is 1.21 bits per heavy atom. The molecule has 1 amide bonds. The Bertz CT molecular complexity index is 1340. The minimum atomic E-state index is -4.70. The van der Waals surface area contributed by atoms with Crippen molar-refractivity contribution in [2.75, 3.05) is 13.2 Å². The summed E-state index contributed by atoms with van der Waals surface area (Å²) >= 11 is 6.12. The molecule has 1 aliphatic rings. The van der Waals surface area contributed by atoms with Crippen molar-refractivity contribution in [1.82, 2.24) is 4.90 Å². The average Bonchev–Trinajstić information content (AvgIpc) is 3.28. The number of fused-ring (bicyclic) bond motifs is 1. The monoisotopic (exact) mass is 495 g/mol. The summed E-state index contributed by atoms with van der Waals surface area (Å²) in [5.41, 5.74) is -1.46. The summed E-state index contributed by atoms with van der Waals surface area (Å²) in [6, 6.07) is 7.18. The number of nitrogens with zero attached hydrogens (tertiary/aromatic N) is 1. The van der Waals surface area contributed by atoms with Gasteiger partial charge < -0.3 is 19.2 Å². The van der Waals surface area contributed by atoms with E-state index in [1.807, 2.05) is 0 Å². The van der Waals surface area contributed by atoms with Gasteiger partial charge in [-0.25, -0.2) is 4.79 Å². The zero-order valence-corrected chi connectivity index (χ0v) is 18.2. The van der Waals surface area contributed by atoms with Gasteiger partial charge in [0.2, 0.25) is 0 Å². The van der Waals surface area contributed by atoms with Crippen molar-refractivity contribution in [3.8, 4) is 17.1 Å². The lowest BCUT2D eigenvalue weighted by Crippen LogP contribution is -2.42. The van der Waals surface area contributed by atoms with Gasteiger partial charge in [-0.15, -0.1) is 0 Å². The lowest BCUT2D eigenvalue weighted by atomic mass is 10.1. The molecule has 0 spiro atoms. The predicted molar refractivity (Wildman–Crippen MR) is 116 cm³/mol. The highest BCUT2D eigenvalue weighted by molar-refractivity contribution is 6.34. The van der Waals surface area contributed by atoms with Crippen molar-refractivity contribution in [1.29, 1.82) is 0 Å². The van der Waals surface area contributed by atoms with Crippen LogP contribution in [-0.4, -0.2) is 41.1 Å². The normalized spacial score (nSPS) is 16.1. The van der Waals surface area contributed by atoms with Gasteiger partial charge in [-0.05, 0) is 43.2 Å². The largest absolute Gasteiger partial charge is 0.483 e. The molecule has 1 aliphatic heterocycles. The highest BCUT2D eigenvalue weighted by Crippen LogP contribution is 2.38. The van der Waals surface area contributed by atoms with Crippen LogP contribution in [0.25, 0.3) is 22.3 Å². The maximum absolute atomic E-state index is 13.3. The van der Waals surface area contributed by atoms with Crippen molar-refractivity contribution in [3.05, 3.63) is 63.3 Å². The van der Waals surface area contributed by atoms with Gasteiger partial charge in [-0.3, -0.25) is 9.59 Å². The van der Waals surface area contributed by atoms with Gasteiger partial charge in [0.15, 0.2) is 17.6 Å². The molecule has 1 aromatic heterocycles. The van der Waals surface area contributed by atoms with E-state index in [0.717, 1.165) is 23.1 Å². The molecule has 4 rings (SSSR count). The number of para-hydroxylation sites is 1. The highest BCUT2D eigenvalue weighted by atomic mass is 35.5. The van der Waals surface area contributed by atoms with Crippen LogP contribution < -0.4 is 10.2 Å². The second kappa shape index (κ2) is 9.02. The van der Waals surface area contributed by atoms with Crippen molar-refractivity contribution in [2.24, 2.45) is 0 Å². The molecule has 7 nitrogen and oxygen atoms in total. The molecule has 1 N–H and O–H groups in total. The molecule has 178 valence electrons. The van der Waals surface area contributed by atoms with E-state index >= 15 is 0 Å². The number of ether oxygens (including phenoxy) is 1. The standard InChI is InChI=1S/C23H17ClF3NO6/c24-15-4-1-3-13-17(29)10-19(34-21(13)15)14-7-6-12(23(25,26)27)9-18(14)33-11-20(30)28-8-2-5-16(28)22(31)32/h1,3-4,6-7,9-10,16H,2,5,8,11H2,(H,31,32)/t16-/m1/s1. The first-order valence-electron chi connectivity index (χ1n) is 10.2. The molecule has 0 radical (unpaired) electrons. The summed E-state index contributed by atoms with van der Waals surface area (Å²) in [5, 5.41) is 9.58. The fourth-order valence-corrected chi connectivity index (χ4v) is 4.05. The Balaban J connectivity index is 1.72. The molecule has 1 atom stereocenters. The maximum Gasteiger partial charge on any atom is 0.416 e. The quantitative estimate of drug-likeness (QED) is 0.556. The third kappa shape index (κ3) is 4.58. The molecule has 11 heteroatoms. The van der Waals surface area contributed by atoms with Crippen LogP contribution in [0.15, 0.2) is 51.7 Å². The topological polar surface area (TPSA) is 97.0 Å². The molecule has 0 bridgehead atoms. The third-order valence-electron chi connectivity index (χ3n) is 5.49. The summed E-state index contributed by atoms with van der Waals surface area (Å²) in [4.78, 5) is 37.6. The van der Waals surface area contributed by atoms with Crippen LogP contribution in [0.2, 0.25) is 5.02 Å². The minimum absolute atomic E-state index is 0.00377. The smallest absolute Gasteiger partial charge is 0.416 e. The highest BCUT2D eigenvalue weighted by Gasteiger charge is 2.35. The lowest BCUT2D eigenvalue weighted by Gasteiger charge is -2.22. The zero-order chi connectivity index (χ0) is 24.6. The number of likely N-dealkylation sites (tertiary alicyclic amines) is 1. The lowest BCUT2D eigenvalue weighted by molar-refractivity contribution is -0.149. The van der Waals surface area contributed by atoms with Crippen LogP contribution in [0.3, 0.4) is 0 Å². The first-order valence-corrected chi connectivity index (χ1v) is 10.5. The van der Waals surface area contributed by atoms with Crippen molar-refractivity contribution < 1.29 is 37.0 Å². The Morgan fingerprint density at radius 2 is 1.97 bits per heavy atom. The maximum atomic E-state index is 13.3. The summed E-state index contributed by atoms with van der Waals surface area (Å²) in [5.74, 6) is -2.31. The first kappa shape index (κ1) is 23.6. The van der Waals surface area contributed by atoms with Crippen LogP contribution in [0.5, 0.6) is 5.75 Å². The predicted octanol–water partition coefficient (Wildman–Crippen LogP) is 4.59. The molecule has 0 saturated carbocycles. The summed E-state index contributed by atoms with van der Waals surface area (Å²) in [6.07, 6.45) is -3.93. The second-order valence-electron chi connectivity index (χ2n) is 7.67. The van der Waals surface area contributed by atoms with Crippen LogP contribution in [-0.2, 0) is 15.8 Å². The van der Waals surface area contributed by atoms with Crippen LogP contribution in [0.4, 0.5) is 13.2 Å². The number of hydrogen-bond acceptors (Lipinski definition) is 5. The van der Waals surface area contributed by atoms with Gasteiger partial charge in [0.25, 0.3) is 5.91 Å². The SMILES string of the molecule is O=C(O)[C@H]1CCCN1C(=O)COc1cc(C(F)(F)F)ccc1-c1cc(=O)c2cccc(Cl)c2o1. The van der Waals surface area contributed by atoms with Crippen molar-refractivity contribution in [3.63, 3.8) is 0 Å². The molecule has 1 fully saturated rings. The summed E-state index contributed by atoms with van der Waals surface area (Å²) in [7, 11) is 0. The molecular formula is C23H17ClF3NO6. The van der Waals surface area contributed by atoms with E-state index in [-0.39, 0.29) is 46.0 Å². The van der Waals surface area contributed by atoms with E-state index < -0.39 is 41.7 Å². The van der Waals surface area contributed by atoms with Crippen molar-refractivity contribution >= 4 is 34.4 Å². The summed E-state index contributed by atoms with van der Waals surface area (Å²) in [6.45, 7) is -0.497. The number of hydrogen-bond donors (Lipinski definition) is 1. The molecular weight excluding hydrogens is 479 g/mol. The fraction of sp³-hybridized carbons (Fsp3) is 0.261. The Kier molecular flexibility index (Phi) is 6.26. The number of rotatable bonds is 5. The molecule has 34 heavy (non-hydrogen) atoms. The minimum Gasteiger partial charge on any atom is -0.483 e. The number of aliphatic carboxylic acids is 1. The third-order valence-corrected chi connectivity index (χ3v) is 5.79. The number of alkyl halides is 3. The Hall–Kier alpha value is -3.53. The molecule has 1 saturated heterocycles. The number of carboxylic acids is 1. The van der Waals surface area contributed by atoms with E-state index in [9.17, 15) is 32.7 Å². The van der Waals surface area contributed by atoms with E-state index in [4.69, 9.17) is 20.8 Å². The molecule has 2 aromatic carbocycles. The van der Waals surface area contributed by atoms with E-state index in [2.05, 4.69) is 0 Å². The zero-order valence-electron chi connectivity index (χ0n) is 17.4. The van der Waals surface area contributed by atoms with Crippen molar-refractivity contribution in [2.45, 2.75) is 25.1 Å². The van der Waals surface area contributed by atoms with E-state index in [1.165, 1.54) is 12.1 Å². The second-order valence-corrected chi connectivity index (χ2v) is 8.08. The van der Waals surface area contributed by atoms with Crippen LogP contribution >= 0.6 is 11.6 Å². The van der Waals surface area contributed by atoms with Gasteiger partial charge in [0.05, 0.1) is 21.5 Å². The van der Waals surface area contributed by atoms with Crippen LogP contribution in [0.1, 0.15) is 18.4 Å². The Morgan fingerprint density at radius 3 is 2.68 bits per heavy atom. The van der Waals surface area contributed by atoms with Gasteiger partial charge >= 0.3 is 12.1 Å². The molecule has 0 aliphatic carbocycles.